The predicted octanol–water partition coefficient (Wildman–Crippen LogP) is -0.814. The van der Waals surface area contributed by atoms with Gasteiger partial charge in [-0.05, 0) is 20.8 Å². The fourth-order valence-corrected chi connectivity index (χ4v) is 1.27. The number of amides is 1. The van der Waals surface area contributed by atoms with Crippen LogP contribution in [0.4, 0.5) is 0 Å². The molecule has 0 saturated carbocycles. The maximum absolute atomic E-state index is 11.7. The fourth-order valence-electron chi connectivity index (χ4n) is 1.27. The Morgan fingerprint density at radius 2 is 1.93 bits per heavy atom. The van der Waals surface area contributed by atoms with Gasteiger partial charge in [0.2, 0.25) is 5.91 Å². The second-order valence-electron chi connectivity index (χ2n) is 3.48. The van der Waals surface area contributed by atoms with E-state index in [2.05, 4.69) is 5.32 Å². The van der Waals surface area contributed by atoms with E-state index >= 15 is 0 Å². The summed E-state index contributed by atoms with van der Waals surface area (Å²) in [6.07, 6.45) is -0.808. The van der Waals surface area contributed by atoms with Crippen molar-refractivity contribution in [3.63, 3.8) is 0 Å². The van der Waals surface area contributed by atoms with Gasteiger partial charge >= 0.3 is 0 Å². The molecule has 0 rings (SSSR count). The molecule has 0 aliphatic rings. The van der Waals surface area contributed by atoms with E-state index in [1.54, 1.807) is 11.8 Å². The summed E-state index contributed by atoms with van der Waals surface area (Å²) >= 11 is 0. The summed E-state index contributed by atoms with van der Waals surface area (Å²) in [5, 5.41) is 20.6. The Balaban J connectivity index is 3.97. The van der Waals surface area contributed by atoms with Crippen LogP contribution < -0.4 is 5.32 Å². The molecule has 0 heterocycles. The zero-order valence-corrected chi connectivity index (χ0v) is 9.73. The highest BCUT2D eigenvalue weighted by Gasteiger charge is 2.18. The largest absolute Gasteiger partial charge is 0.394 e. The van der Waals surface area contributed by atoms with E-state index in [1.807, 2.05) is 13.8 Å². The van der Waals surface area contributed by atoms with Crippen molar-refractivity contribution in [3.05, 3.63) is 0 Å². The Morgan fingerprint density at radius 1 is 1.40 bits per heavy atom. The van der Waals surface area contributed by atoms with E-state index < -0.39 is 6.10 Å². The Labute approximate surface area is 91.1 Å². The van der Waals surface area contributed by atoms with Crippen molar-refractivity contribution in [1.29, 1.82) is 0 Å². The summed E-state index contributed by atoms with van der Waals surface area (Å²) in [5.41, 5.74) is 0. The van der Waals surface area contributed by atoms with E-state index in [4.69, 9.17) is 10.2 Å². The average Bonchev–Trinajstić information content (AvgIpc) is 2.26. The lowest BCUT2D eigenvalue weighted by Gasteiger charge is -2.24. The normalized spacial score (nSPS) is 14.7. The lowest BCUT2D eigenvalue weighted by atomic mass is 10.2. The van der Waals surface area contributed by atoms with Crippen LogP contribution in [0, 0.1) is 0 Å². The molecule has 1 unspecified atom stereocenters. The van der Waals surface area contributed by atoms with E-state index in [0.29, 0.717) is 13.1 Å². The van der Waals surface area contributed by atoms with Crippen molar-refractivity contribution < 1.29 is 15.0 Å². The molecular formula is C10H22N2O3. The highest BCUT2D eigenvalue weighted by molar-refractivity contribution is 5.81. The lowest BCUT2D eigenvalue weighted by molar-refractivity contribution is -0.132. The number of aliphatic hydroxyl groups excluding tert-OH is 2. The minimum Gasteiger partial charge on any atom is -0.394 e. The molecule has 0 bridgehead atoms. The maximum atomic E-state index is 11.7. The minimum atomic E-state index is -0.808. The van der Waals surface area contributed by atoms with E-state index in [0.717, 1.165) is 0 Å². The number of rotatable bonds is 7. The lowest BCUT2D eigenvalue weighted by Crippen LogP contribution is -2.47. The van der Waals surface area contributed by atoms with Gasteiger partial charge in [0.1, 0.15) is 0 Å². The summed E-state index contributed by atoms with van der Waals surface area (Å²) in [4.78, 5) is 13.5. The summed E-state index contributed by atoms with van der Waals surface area (Å²) < 4.78 is 0. The predicted molar refractivity (Wildman–Crippen MR) is 58.5 cm³/mol. The van der Waals surface area contributed by atoms with Gasteiger partial charge in [0, 0.05) is 19.6 Å². The topological polar surface area (TPSA) is 72.8 Å². The molecule has 0 aromatic carbocycles. The third-order valence-corrected chi connectivity index (χ3v) is 2.32. The van der Waals surface area contributed by atoms with Gasteiger partial charge in [-0.25, -0.2) is 0 Å². The zero-order chi connectivity index (χ0) is 11.8. The summed E-state index contributed by atoms with van der Waals surface area (Å²) in [7, 11) is 0. The van der Waals surface area contributed by atoms with Crippen LogP contribution in [-0.4, -0.2) is 59.4 Å². The number of nitrogens with one attached hydrogen (secondary N) is 1. The van der Waals surface area contributed by atoms with Crippen molar-refractivity contribution >= 4 is 5.91 Å². The first kappa shape index (κ1) is 14.3. The molecule has 15 heavy (non-hydrogen) atoms. The average molecular weight is 218 g/mol. The van der Waals surface area contributed by atoms with Crippen molar-refractivity contribution in [2.45, 2.75) is 32.9 Å². The highest BCUT2D eigenvalue weighted by atomic mass is 16.3. The molecule has 2 atom stereocenters. The van der Waals surface area contributed by atoms with Crippen LogP contribution in [-0.2, 0) is 4.79 Å². The van der Waals surface area contributed by atoms with Gasteiger partial charge in [-0.15, -0.1) is 0 Å². The van der Waals surface area contributed by atoms with E-state index in [-0.39, 0.29) is 25.1 Å². The molecule has 0 fully saturated rings. The van der Waals surface area contributed by atoms with Gasteiger partial charge in [0.05, 0.1) is 18.8 Å². The van der Waals surface area contributed by atoms with Crippen molar-refractivity contribution in [3.8, 4) is 0 Å². The summed E-state index contributed by atoms with van der Waals surface area (Å²) in [5.74, 6) is 0.0186. The van der Waals surface area contributed by atoms with Crippen molar-refractivity contribution in [1.82, 2.24) is 10.2 Å². The van der Waals surface area contributed by atoms with Gasteiger partial charge in [-0.2, -0.15) is 0 Å². The first-order chi connectivity index (χ1) is 7.06. The number of hydrogen-bond donors (Lipinski definition) is 3. The van der Waals surface area contributed by atoms with Crippen LogP contribution in [0.15, 0.2) is 0 Å². The Hall–Kier alpha value is -0.650. The molecule has 5 heteroatoms. The van der Waals surface area contributed by atoms with Gasteiger partial charge in [0.25, 0.3) is 0 Å². The minimum absolute atomic E-state index is 0.0186. The molecule has 0 aliphatic heterocycles. The summed E-state index contributed by atoms with van der Waals surface area (Å²) in [6.45, 7) is 6.91. The molecule has 0 aromatic heterocycles. The highest BCUT2D eigenvalue weighted by Crippen LogP contribution is 1.94. The number of nitrogens with zero attached hydrogens (tertiary/aromatic N) is 1. The molecule has 1 amide bonds. The number of carbonyl (C=O) groups is 1. The Bertz CT molecular complexity index is 184. The van der Waals surface area contributed by atoms with Crippen LogP contribution in [0.25, 0.3) is 0 Å². The van der Waals surface area contributed by atoms with Gasteiger partial charge in [0.15, 0.2) is 0 Å². The van der Waals surface area contributed by atoms with Crippen LogP contribution in [0.5, 0.6) is 0 Å². The smallest absolute Gasteiger partial charge is 0.239 e. The monoisotopic (exact) mass is 218 g/mol. The van der Waals surface area contributed by atoms with Crippen LogP contribution in [0.3, 0.4) is 0 Å². The first-order valence-corrected chi connectivity index (χ1v) is 5.37. The standard InChI is InChI=1S/C10H22N2O3/c1-4-12(5-2)10(15)8(3)11-6-9(14)7-13/h8-9,11,13-14H,4-7H2,1-3H3/t8?,9-/m0/s1. The quantitative estimate of drug-likeness (QED) is 0.522. The molecule has 0 spiro atoms. The molecule has 90 valence electrons. The number of carbonyl (C=O) groups excluding carboxylic acids is 1. The second kappa shape index (κ2) is 7.62. The number of aliphatic hydroxyl groups is 2. The third kappa shape index (κ3) is 5.11. The van der Waals surface area contributed by atoms with Crippen LogP contribution in [0.1, 0.15) is 20.8 Å². The Kier molecular flexibility index (Phi) is 7.29. The molecule has 5 nitrogen and oxygen atoms in total. The van der Waals surface area contributed by atoms with Crippen molar-refractivity contribution in [2.75, 3.05) is 26.2 Å². The molecule has 3 N–H and O–H groups in total. The van der Waals surface area contributed by atoms with Crippen LogP contribution in [0.2, 0.25) is 0 Å². The maximum Gasteiger partial charge on any atom is 0.239 e. The number of hydrogen-bond acceptors (Lipinski definition) is 4. The fraction of sp³-hybridized carbons (Fsp3) is 0.900. The van der Waals surface area contributed by atoms with Gasteiger partial charge in [-0.1, -0.05) is 0 Å². The van der Waals surface area contributed by atoms with Crippen molar-refractivity contribution in [2.24, 2.45) is 0 Å². The molecule has 0 radical (unpaired) electrons. The molecular weight excluding hydrogens is 196 g/mol. The van der Waals surface area contributed by atoms with Gasteiger partial charge < -0.3 is 20.4 Å². The SMILES string of the molecule is CCN(CC)C(=O)C(C)NC[C@H](O)CO. The third-order valence-electron chi connectivity index (χ3n) is 2.32. The van der Waals surface area contributed by atoms with E-state index in [9.17, 15) is 4.79 Å². The second-order valence-corrected chi connectivity index (χ2v) is 3.48. The molecule has 0 aliphatic carbocycles. The summed E-state index contributed by atoms with van der Waals surface area (Å²) in [6, 6.07) is -0.328. The van der Waals surface area contributed by atoms with Gasteiger partial charge in [-0.3, -0.25) is 4.79 Å². The van der Waals surface area contributed by atoms with E-state index in [1.165, 1.54) is 0 Å². The number of likely N-dealkylation sites (N-methyl/N-ethyl adjacent to an activating group) is 1. The molecule has 0 saturated heterocycles. The van der Waals surface area contributed by atoms with Crippen LogP contribution >= 0.6 is 0 Å². The molecule has 0 aromatic rings. The zero-order valence-electron chi connectivity index (χ0n) is 9.73. The first-order valence-electron chi connectivity index (χ1n) is 5.37. The Morgan fingerprint density at radius 3 is 2.33 bits per heavy atom.